The van der Waals surface area contributed by atoms with Gasteiger partial charge in [-0.05, 0) is 103 Å². The maximum Gasteiger partial charge on any atom is 0.306 e. The maximum atomic E-state index is 12.9. The Hall–Kier alpha value is -2.89. The van der Waals surface area contributed by atoms with Crippen molar-refractivity contribution in [2.45, 2.75) is 329 Å². The smallest absolute Gasteiger partial charge is 0.306 e. The summed E-state index contributed by atoms with van der Waals surface area (Å²) in [5.41, 5.74) is 0. The molecule has 418 valence electrons. The molecule has 6 heteroatoms. The van der Waals surface area contributed by atoms with Crippen LogP contribution in [0.3, 0.4) is 0 Å². The van der Waals surface area contributed by atoms with Crippen LogP contribution in [0.5, 0.6) is 0 Å². The van der Waals surface area contributed by atoms with Crippen molar-refractivity contribution in [3.05, 3.63) is 60.8 Å². The van der Waals surface area contributed by atoms with Gasteiger partial charge in [-0.15, -0.1) is 0 Å². The van der Waals surface area contributed by atoms with Crippen molar-refractivity contribution < 1.29 is 28.6 Å². The van der Waals surface area contributed by atoms with Gasteiger partial charge in [0, 0.05) is 19.3 Å². The molecule has 1 atom stereocenters. The van der Waals surface area contributed by atoms with Crippen molar-refractivity contribution in [1.82, 2.24) is 0 Å². The third kappa shape index (κ3) is 58.0. The molecule has 0 heterocycles. The van der Waals surface area contributed by atoms with Crippen LogP contribution in [-0.2, 0) is 28.6 Å². The van der Waals surface area contributed by atoms with E-state index in [1.54, 1.807) is 0 Å². The third-order valence-corrected chi connectivity index (χ3v) is 13.7. The predicted molar refractivity (Wildman–Crippen MR) is 312 cm³/mol. The maximum absolute atomic E-state index is 12.9. The first-order chi connectivity index (χ1) is 35.5. The minimum Gasteiger partial charge on any atom is -0.462 e. The predicted octanol–water partition coefficient (Wildman–Crippen LogP) is 21.2. The molecule has 0 aromatic carbocycles. The lowest BCUT2D eigenvalue weighted by atomic mass is 10.0. The number of ether oxygens (including phenoxy) is 3. The molecule has 0 aliphatic heterocycles. The normalized spacial score (nSPS) is 12.4. The molecule has 72 heavy (non-hydrogen) atoms. The summed E-state index contributed by atoms with van der Waals surface area (Å²) in [6.07, 6.45) is 76.5. The highest BCUT2D eigenvalue weighted by molar-refractivity contribution is 5.71. The monoisotopic (exact) mass is 1010 g/mol. The molecular formula is C66H118O6. The SMILES string of the molecule is CCC/C=C\C/C=C\CCCCCCCC(=O)OCC(COC(=O)CCCCCCCCCCCCC/C=C\C/C=C\CCCCCCC)OC(=O)CCCCCCCCC/C=C\CCCCCCCCC. The molecule has 0 fully saturated rings. The van der Waals surface area contributed by atoms with Crippen molar-refractivity contribution in [1.29, 1.82) is 0 Å². The van der Waals surface area contributed by atoms with Gasteiger partial charge in [-0.2, -0.15) is 0 Å². The van der Waals surface area contributed by atoms with Gasteiger partial charge in [0.1, 0.15) is 13.2 Å². The first-order valence-corrected chi connectivity index (χ1v) is 31.3. The van der Waals surface area contributed by atoms with Crippen LogP contribution >= 0.6 is 0 Å². The molecule has 0 rings (SSSR count). The first-order valence-electron chi connectivity index (χ1n) is 31.3. The number of carbonyl (C=O) groups is 3. The number of carbonyl (C=O) groups excluding carboxylic acids is 3. The fraction of sp³-hybridized carbons (Fsp3) is 0.803. The van der Waals surface area contributed by atoms with Crippen molar-refractivity contribution in [3.63, 3.8) is 0 Å². The van der Waals surface area contributed by atoms with Crippen LogP contribution in [-0.4, -0.2) is 37.2 Å². The van der Waals surface area contributed by atoms with Gasteiger partial charge >= 0.3 is 17.9 Å². The summed E-state index contributed by atoms with van der Waals surface area (Å²) >= 11 is 0. The van der Waals surface area contributed by atoms with E-state index in [1.807, 2.05) is 0 Å². The van der Waals surface area contributed by atoms with Crippen LogP contribution < -0.4 is 0 Å². The molecule has 0 amide bonds. The summed E-state index contributed by atoms with van der Waals surface area (Å²) in [7, 11) is 0. The summed E-state index contributed by atoms with van der Waals surface area (Å²) in [5.74, 6) is -0.887. The molecule has 0 aliphatic carbocycles. The zero-order chi connectivity index (χ0) is 52.2. The fourth-order valence-electron chi connectivity index (χ4n) is 8.98. The molecule has 0 N–H and O–H groups in total. The molecule has 0 saturated carbocycles. The lowest BCUT2D eigenvalue weighted by Crippen LogP contribution is -2.30. The van der Waals surface area contributed by atoms with E-state index < -0.39 is 6.10 Å². The lowest BCUT2D eigenvalue weighted by Gasteiger charge is -2.18. The van der Waals surface area contributed by atoms with Crippen molar-refractivity contribution in [2.24, 2.45) is 0 Å². The molecule has 6 nitrogen and oxygen atoms in total. The molecule has 0 radical (unpaired) electrons. The Labute approximate surface area is 447 Å². The highest BCUT2D eigenvalue weighted by atomic mass is 16.6. The van der Waals surface area contributed by atoms with Crippen LogP contribution in [0.25, 0.3) is 0 Å². The highest BCUT2D eigenvalue weighted by Crippen LogP contribution is 2.16. The Morgan fingerprint density at radius 2 is 0.528 bits per heavy atom. The van der Waals surface area contributed by atoms with Gasteiger partial charge in [-0.25, -0.2) is 0 Å². The molecule has 0 saturated heterocycles. The van der Waals surface area contributed by atoms with Gasteiger partial charge in [-0.1, -0.05) is 261 Å². The summed E-state index contributed by atoms with van der Waals surface area (Å²) in [4.78, 5) is 38.2. The number of hydrogen-bond donors (Lipinski definition) is 0. The average Bonchev–Trinajstić information content (AvgIpc) is 3.38. The van der Waals surface area contributed by atoms with Gasteiger partial charge in [0.2, 0.25) is 0 Å². The zero-order valence-corrected chi connectivity index (χ0v) is 47.9. The summed E-state index contributed by atoms with van der Waals surface area (Å²) in [6.45, 7) is 6.58. The van der Waals surface area contributed by atoms with E-state index >= 15 is 0 Å². The second-order valence-electron chi connectivity index (χ2n) is 21.0. The molecule has 0 spiro atoms. The summed E-state index contributed by atoms with van der Waals surface area (Å²) in [5, 5.41) is 0. The van der Waals surface area contributed by atoms with Crippen LogP contribution in [0, 0.1) is 0 Å². The average molecular weight is 1010 g/mol. The topological polar surface area (TPSA) is 78.9 Å². The van der Waals surface area contributed by atoms with Gasteiger partial charge in [0.05, 0.1) is 0 Å². The Morgan fingerprint density at radius 1 is 0.278 bits per heavy atom. The number of rotatable bonds is 57. The van der Waals surface area contributed by atoms with E-state index in [0.717, 1.165) is 89.9 Å². The van der Waals surface area contributed by atoms with Crippen molar-refractivity contribution in [3.8, 4) is 0 Å². The van der Waals surface area contributed by atoms with E-state index in [9.17, 15) is 14.4 Å². The Kier molecular flexibility index (Phi) is 58.2. The molecule has 0 bridgehead atoms. The lowest BCUT2D eigenvalue weighted by molar-refractivity contribution is -0.167. The standard InChI is InChI=1S/C66H118O6/c1-4-7-10-13-16-19-22-25-27-29-31-32-33-34-35-37-38-41-44-47-50-53-56-59-65(68)71-62-63(61-70-64(67)58-55-52-49-46-43-40-24-21-18-15-12-9-6-3)72-66(69)60-57-54-51-48-45-42-39-36-30-28-26-23-20-17-14-11-8-5-2/h12,15,21-22,24-25,28-31,63H,4-11,13-14,16-20,23,26-27,32-62H2,1-3H3/b15-12-,24-21-,25-22-,30-28-,31-29-. The largest absolute Gasteiger partial charge is 0.462 e. The number of allylic oxidation sites excluding steroid dienone is 10. The first kappa shape index (κ1) is 69.1. The van der Waals surface area contributed by atoms with Crippen molar-refractivity contribution in [2.75, 3.05) is 13.2 Å². The molecular weight excluding hydrogens is 889 g/mol. The number of hydrogen-bond acceptors (Lipinski definition) is 6. The minimum absolute atomic E-state index is 0.0801. The Balaban J connectivity index is 4.32. The number of unbranched alkanes of at least 4 members (excludes halogenated alkanes) is 36. The summed E-state index contributed by atoms with van der Waals surface area (Å²) in [6, 6.07) is 0. The summed E-state index contributed by atoms with van der Waals surface area (Å²) < 4.78 is 16.9. The van der Waals surface area contributed by atoms with E-state index in [0.29, 0.717) is 19.3 Å². The van der Waals surface area contributed by atoms with E-state index in [2.05, 4.69) is 81.5 Å². The van der Waals surface area contributed by atoms with E-state index in [1.165, 1.54) is 193 Å². The van der Waals surface area contributed by atoms with Crippen LogP contribution in [0.2, 0.25) is 0 Å². The van der Waals surface area contributed by atoms with Crippen LogP contribution in [0.4, 0.5) is 0 Å². The minimum atomic E-state index is -0.783. The quantitative estimate of drug-likeness (QED) is 0.0261. The Bertz CT molecular complexity index is 1290. The van der Waals surface area contributed by atoms with E-state index in [4.69, 9.17) is 14.2 Å². The molecule has 0 aromatic rings. The number of esters is 3. The fourth-order valence-corrected chi connectivity index (χ4v) is 8.98. The molecule has 0 aromatic heterocycles. The van der Waals surface area contributed by atoms with Crippen LogP contribution in [0.1, 0.15) is 323 Å². The van der Waals surface area contributed by atoms with Gasteiger partial charge in [0.25, 0.3) is 0 Å². The van der Waals surface area contributed by atoms with Crippen molar-refractivity contribution >= 4 is 17.9 Å². The molecule has 0 aliphatic rings. The van der Waals surface area contributed by atoms with Crippen LogP contribution in [0.15, 0.2) is 60.8 Å². The Morgan fingerprint density at radius 3 is 0.833 bits per heavy atom. The van der Waals surface area contributed by atoms with E-state index in [-0.39, 0.29) is 31.1 Å². The zero-order valence-electron chi connectivity index (χ0n) is 47.9. The third-order valence-electron chi connectivity index (χ3n) is 13.7. The van der Waals surface area contributed by atoms with Gasteiger partial charge in [-0.3, -0.25) is 14.4 Å². The van der Waals surface area contributed by atoms with Gasteiger partial charge < -0.3 is 14.2 Å². The molecule has 1 unspecified atom stereocenters. The second kappa shape index (κ2) is 60.7. The second-order valence-corrected chi connectivity index (χ2v) is 21.0. The van der Waals surface area contributed by atoms with Gasteiger partial charge in [0.15, 0.2) is 6.10 Å². The highest BCUT2D eigenvalue weighted by Gasteiger charge is 2.19.